The first-order valence-corrected chi connectivity index (χ1v) is 0. The molecule has 0 saturated carbocycles. The fourth-order valence-electron chi connectivity index (χ4n) is 0. The molecule has 15 N–H and O–H groups in total. The zero-order valence-electron chi connectivity index (χ0n) is 5.58. The van der Waals surface area contributed by atoms with E-state index in [-0.39, 0.29) is 54.3 Å². The van der Waals surface area contributed by atoms with Crippen molar-refractivity contribution < 1.29 is 23.5 Å². The molecule has 10 heavy (non-hydrogen) atoms. The molecule has 0 aromatic carbocycles. The van der Waals surface area contributed by atoms with E-state index in [0.29, 0.717) is 0 Å². The van der Waals surface area contributed by atoms with Gasteiger partial charge < -0.3 is 30.8 Å². The van der Waals surface area contributed by atoms with Crippen molar-refractivity contribution in [3.63, 3.8) is 0 Å². The van der Waals surface area contributed by atoms with Crippen molar-refractivity contribution in [1.29, 1.82) is 0 Å². The SMILES string of the molecule is F.F.F.F.F.N.N.N.N.N. The molecule has 0 aliphatic carbocycles. The smallest absolute Gasteiger partial charge is 0.269 e. The van der Waals surface area contributed by atoms with Crippen LogP contribution in [0.25, 0.3) is 0 Å². The maximum Gasteiger partial charge on any atom is -0.269 e. The largest absolute Gasteiger partial charge is 0.344 e. The average molecular weight is 185 g/mol. The highest BCUT2D eigenvalue weighted by molar-refractivity contribution is 2.14. The third-order valence-corrected chi connectivity index (χ3v) is 0. The van der Waals surface area contributed by atoms with E-state index >= 15 is 0 Å². The summed E-state index contributed by atoms with van der Waals surface area (Å²) in [5.41, 5.74) is 0. The molecular formula is H20F5N5. The Bertz CT molecular complexity index is 10.0. The average Bonchev–Trinajstić information content (AvgIpc) is 0. The van der Waals surface area contributed by atoms with Crippen molar-refractivity contribution in [2.75, 3.05) is 0 Å². The summed E-state index contributed by atoms with van der Waals surface area (Å²) >= 11 is 0. The maximum atomic E-state index is 0. The van der Waals surface area contributed by atoms with Crippen LogP contribution >= 0.6 is 0 Å². The molecular weight excluding hydrogens is 165 g/mol. The highest BCUT2D eigenvalue weighted by atomic mass is 19.0. The van der Waals surface area contributed by atoms with Gasteiger partial charge in [-0.25, -0.2) is 0 Å². The molecule has 0 atom stereocenters. The molecule has 10 heteroatoms. The molecule has 0 bridgehead atoms. The van der Waals surface area contributed by atoms with E-state index in [1.165, 1.54) is 0 Å². The quantitative estimate of drug-likeness (QED) is 0.359. The zero-order chi connectivity index (χ0) is 0. The van der Waals surface area contributed by atoms with Crippen LogP contribution in [0.3, 0.4) is 0 Å². The molecule has 0 fully saturated rings. The van der Waals surface area contributed by atoms with Crippen LogP contribution in [0.4, 0.5) is 23.5 Å². The van der Waals surface area contributed by atoms with Crippen LogP contribution in [-0.2, 0) is 0 Å². The second kappa shape index (κ2) is 1550. The predicted molar refractivity (Wildman–Crippen MR) is 37.6 cm³/mol. The van der Waals surface area contributed by atoms with E-state index in [1.807, 2.05) is 0 Å². The Balaban J connectivity index is 0. The minimum Gasteiger partial charge on any atom is -0.344 e. The topological polar surface area (TPSA) is 175 Å². The van der Waals surface area contributed by atoms with E-state index in [2.05, 4.69) is 0 Å². The second-order valence-electron chi connectivity index (χ2n) is 0. The van der Waals surface area contributed by atoms with Gasteiger partial charge in [0.2, 0.25) is 0 Å². The molecule has 0 saturated heterocycles. The number of hydrogen-bond acceptors (Lipinski definition) is 5. The second-order valence-corrected chi connectivity index (χ2v) is 0. The van der Waals surface area contributed by atoms with Crippen LogP contribution in [-0.4, -0.2) is 0 Å². The third kappa shape index (κ3) is 1020. The molecule has 0 radical (unpaired) electrons. The lowest BCUT2D eigenvalue weighted by atomic mass is 14.0. The van der Waals surface area contributed by atoms with Crippen LogP contribution in [0.2, 0.25) is 0 Å². The van der Waals surface area contributed by atoms with Gasteiger partial charge in [0.15, 0.2) is 0 Å². The van der Waals surface area contributed by atoms with Gasteiger partial charge >= 0.3 is 0 Å². The zero-order valence-corrected chi connectivity index (χ0v) is 5.58. The Morgan fingerprint density at radius 1 is 0.200 bits per heavy atom. The van der Waals surface area contributed by atoms with Gasteiger partial charge in [0.25, 0.3) is 0 Å². The summed E-state index contributed by atoms with van der Waals surface area (Å²) in [6, 6.07) is 0. The first-order valence-electron chi connectivity index (χ1n) is 0. The lowest BCUT2D eigenvalue weighted by Crippen LogP contribution is -0.482. The van der Waals surface area contributed by atoms with E-state index in [9.17, 15) is 0 Å². The first-order chi connectivity index (χ1) is 0. The highest BCUT2D eigenvalue weighted by Crippen LogP contribution is 0.424. The van der Waals surface area contributed by atoms with Gasteiger partial charge in [-0.05, 0) is 0 Å². The number of halogens is 5. The van der Waals surface area contributed by atoms with Gasteiger partial charge in [0.1, 0.15) is 0 Å². The van der Waals surface area contributed by atoms with Crippen LogP contribution in [0.1, 0.15) is 0 Å². The maximum absolute atomic E-state index is 0. The third-order valence-electron chi connectivity index (χ3n) is 0. The standard InChI is InChI=1S/5FH.5H3N/h5*1H;5*1H3. The van der Waals surface area contributed by atoms with Crippen LogP contribution in [0.5, 0.6) is 0 Å². The van der Waals surface area contributed by atoms with Gasteiger partial charge in [-0.1, -0.05) is 0 Å². The Labute approximate surface area is 55.7 Å². The van der Waals surface area contributed by atoms with Crippen molar-refractivity contribution in [1.82, 2.24) is 30.8 Å². The van der Waals surface area contributed by atoms with Crippen molar-refractivity contribution in [3.05, 3.63) is 0 Å². The normalized spacial score (nSPS) is 0. The van der Waals surface area contributed by atoms with Crippen molar-refractivity contribution in [3.8, 4) is 0 Å². The monoisotopic (exact) mass is 185 g/mol. The summed E-state index contributed by atoms with van der Waals surface area (Å²) in [6.45, 7) is 0. The number of hydrogen-bond donors (Lipinski definition) is 5. The number of rotatable bonds is 0. The minimum absolute atomic E-state index is 0. The molecule has 80 valence electrons. The molecule has 0 spiro atoms. The fourth-order valence-corrected chi connectivity index (χ4v) is 0. The fraction of sp³-hybridized carbons (Fsp3) is 0. The van der Waals surface area contributed by atoms with Gasteiger partial charge in [0, 0.05) is 0 Å². The van der Waals surface area contributed by atoms with Gasteiger partial charge in [-0.2, -0.15) is 0 Å². The van der Waals surface area contributed by atoms with Crippen molar-refractivity contribution in [2.24, 2.45) is 0 Å². The molecule has 0 rings (SSSR count). The minimum atomic E-state index is 0. The van der Waals surface area contributed by atoms with E-state index in [4.69, 9.17) is 0 Å². The summed E-state index contributed by atoms with van der Waals surface area (Å²) in [7, 11) is 0. The molecule has 0 heterocycles. The lowest BCUT2D eigenvalue weighted by Gasteiger charge is -0.345. The Kier molecular flexibility index (Phi) is 346000. The van der Waals surface area contributed by atoms with E-state index in [0.717, 1.165) is 0 Å². The van der Waals surface area contributed by atoms with E-state index in [1.54, 1.807) is 0 Å². The Hall–Kier alpha value is -0.550. The molecule has 5 nitrogen and oxygen atoms in total. The molecule has 0 aromatic rings. The van der Waals surface area contributed by atoms with Gasteiger partial charge in [-0.15, -0.1) is 0 Å². The van der Waals surface area contributed by atoms with Crippen LogP contribution in [0, 0.1) is 0 Å². The molecule has 0 aromatic heterocycles. The van der Waals surface area contributed by atoms with Crippen LogP contribution in [0.15, 0.2) is 0 Å². The summed E-state index contributed by atoms with van der Waals surface area (Å²) in [4.78, 5) is 0. The lowest BCUT2D eigenvalue weighted by molar-refractivity contribution is 1.11. The van der Waals surface area contributed by atoms with Crippen molar-refractivity contribution in [2.45, 2.75) is 0 Å². The summed E-state index contributed by atoms with van der Waals surface area (Å²) < 4.78 is 0. The highest BCUT2D eigenvalue weighted by Gasteiger charge is -0.264. The summed E-state index contributed by atoms with van der Waals surface area (Å²) in [6.07, 6.45) is 0. The molecule has 0 aliphatic rings. The summed E-state index contributed by atoms with van der Waals surface area (Å²) in [5.74, 6) is 0. The Morgan fingerprint density at radius 3 is 0.200 bits per heavy atom. The first kappa shape index (κ1) is 2230. The van der Waals surface area contributed by atoms with Gasteiger partial charge in [0.05, 0.1) is 0 Å². The molecule has 0 amide bonds. The predicted octanol–water partition coefficient (Wildman–Crippen LogP) is 1.57. The van der Waals surface area contributed by atoms with E-state index < -0.39 is 0 Å². The molecule has 0 aliphatic heterocycles. The van der Waals surface area contributed by atoms with Crippen LogP contribution < -0.4 is 30.8 Å². The Morgan fingerprint density at radius 2 is 0.200 bits per heavy atom. The van der Waals surface area contributed by atoms with Gasteiger partial charge in [-0.3, -0.25) is 23.5 Å². The van der Waals surface area contributed by atoms with Crippen molar-refractivity contribution >= 4 is 0 Å². The molecule has 0 unspecified atom stereocenters. The summed E-state index contributed by atoms with van der Waals surface area (Å²) in [5, 5.41) is 0.